The Hall–Kier alpha value is -0.0800. The minimum Gasteiger partial charge on any atom is -0.396 e. The van der Waals surface area contributed by atoms with Gasteiger partial charge in [0, 0.05) is 12.6 Å². The zero-order valence-corrected chi connectivity index (χ0v) is 6.35. The second-order valence-corrected chi connectivity index (χ2v) is 2.32. The van der Waals surface area contributed by atoms with Gasteiger partial charge >= 0.3 is 0 Å². The van der Waals surface area contributed by atoms with Gasteiger partial charge < -0.3 is 10.4 Å². The first-order chi connectivity index (χ1) is 4.31. The van der Waals surface area contributed by atoms with Crippen molar-refractivity contribution in [3.8, 4) is 0 Å². The van der Waals surface area contributed by atoms with Gasteiger partial charge in [-0.3, -0.25) is 0 Å². The Bertz CT molecular complexity index is 56.9. The van der Waals surface area contributed by atoms with Crippen molar-refractivity contribution in [3.63, 3.8) is 0 Å². The van der Waals surface area contributed by atoms with E-state index >= 15 is 0 Å². The zero-order valence-electron chi connectivity index (χ0n) is 6.35. The van der Waals surface area contributed by atoms with Gasteiger partial charge in [-0.2, -0.15) is 0 Å². The second-order valence-electron chi connectivity index (χ2n) is 2.32. The minimum atomic E-state index is 0.315. The summed E-state index contributed by atoms with van der Waals surface area (Å²) in [6.45, 7) is 5.57. The number of hydrogen-bond acceptors (Lipinski definition) is 2. The first kappa shape index (κ1) is 8.92. The average molecular weight is 131 g/mol. The van der Waals surface area contributed by atoms with Crippen molar-refractivity contribution in [1.29, 1.82) is 0 Å². The van der Waals surface area contributed by atoms with E-state index in [0.29, 0.717) is 12.6 Å². The molecule has 0 fully saturated rings. The van der Waals surface area contributed by atoms with Gasteiger partial charge in [0.25, 0.3) is 0 Å². The lowest BCUT2D eigenvalue weighted by Gasteiger charge is -2.09. The second kappa shape index (κ2) is 6.05. The van der Waals surface area contributed by atoms with E-state index in [4.69, 9.17) is 5.11 Å². The van der Waals surface area contributed by atoms with Gasteiger partial charge in [-0.1, -0.05) is 6.92 Å². The summed E-state index contributed by atoms with van der Waals surface area (Å²) in [6, 6.07) is 0.558. The monoisotopic (exact) mass is 131 g/mol. The highest BCUT2D eigenvalue weighted by Gasteiger charge is 1.96. The molecule has 0 aromatic rings. The van der Waals surface area contributed by atoms with Crippen molar-refractivity contribution in [2.45, 2.75) is 32.7 Å². The van der Waals surface area contributed by atoms with Gasteiger partial charge in [-0.25, -0.2) is 0 Å². The number of hydrogen-bond donors (Lipinski definition) is 2. The Labute approximate surface area is 57.3 Å². The molecule has 2 nitrogen and oxygen atoms in total. The Kier molecular flexibility index (Phi) is 5.99. The molecule has 0 saturated heterocycles. The lowest BCUT2D eigenvalue weighted by atomic mass is 10.2. The molecule has 0 aliphatic carbocycles. The maximum atomic E-state index is 8.46. The van der Waals surface area contributed by atoms with Crippen LogP contribution in [0.3, 0.4) is 0 Å². The van der Waals surface area contributed by atoms with Crippen LogP contribution in [0.25, 0.3) is 0 Å². The quantitative estimate of drug-likeness (QED) is 0.577. The van der Waals surface area contributed by atoms with Crippen LogP contribution in [0, 0.1) is 0 Å². The van der Waals surface area contributed by atoms with Crippen molar-refractivity contribution in [1.82, 2.24) is 5.32 Å². The number of nitrogens with one attached hydrogen (secondary N) is 1. The van der Waals surface area contributed by atoms with Crippen molar-refractivity contribution < 1.29 is 5.11 Å². The van der Waals surface area contributed by atoms with E-state index in [1.165, 1.54) is 0 Å². The van der Waals surface area contributed by atoms with Crippen LogP contribution >= 0.6 is 0 Å². The Morgan fingerprint density at radius 2 is 2.22 bits per heavy atom. The van der Waals surface area contributed by atoms with Gasteiger partial charge in [-0.05, 0) is 26.3 Å². The van der Waals surface area contributed by atoms with Gasteiger partial charge in [0.15, 0.2) is 0 Å². The fourth-order valence-corrected chi connectivity index (χ4v) is 0.848. The highest BCUT2D eigenvalue weighted by molar-refractivity contribution is 4.57. The molecule has 0 amide bonds. The summed E-state index contributed by atoms with van der Waals surface area (Å²) in [5.74, 6) is 0. The van der Waals surface area contributed by atoms with Crippen LogP contribution in [0.15, 0.2) is 0 Å². The smallest absolute Gasteiger partial charge is 0.0431 e. The zero-order chi connectivity index (χ0) is 7.11. The molecule has 0 aliphatic heterocycles. The third-order valence-corrected chi connectivity index (χ3v) is 1.35. The van der Waals surface area contributed by atoms with Gasteiger partial charge in [-0.15, -0.1) is 0 Å². The Morgan fingerprint density at radius 3 is 2.67 bits per heavy atom. The molecule has 1 atom stereocenters. The summed E-state index contributed by atoms with van der Waals surface area (Å²) < 4.78 is 0. The molecule has 2 N–H and O–H groups in total. The molecular formula is C7H17NO. The lowest BCUT2D eigenvalue weighted by molar-refractivity contribution is 0.277. The largest absolute Gasteiger partial charge is 0.396 e. The van der Waals surface area contributed by atoms with Crippen molar-refractivity contribution in [3.05, 3.63) is 0 Å². The highest BCUT2D eigenvalue weighted by Crippen LogP contribution is 1.93. The van der Waals surface area contributed by atoms with Crippen LogP contribution < -0.4 is 5.32 Å². The molecule has 0 radical (unpaired) electrons. The molecule has 0 aliphatic rings. The SMILES string of the molecule is CCNC(C)CCCO. The van der Waals surface area contributed by atoms with E-state index in [1.807, 2.05) is 0 Å². The molecule has 0 saturated carbocycles. The Balaban J connectivity index is 2.95. The molecule has 0 bridgehead atoms. The molecule has 9 heavy (non-hydrogen) atoms. The summed E-state index contributed by atoms with van der Waals surface area (Å²) >= 11 is 0. The summed E-state index contributed by atoms with van der Waals surface area (Å²) in [5.41, 5.74) is 0. The predicted molar refractivity (Wildman–Crippen MR) is 39.5 cm³/mol. The van der Waals surface area contributed by atoms with Crippen LogP contribution in [-0.2, 0) is 0 Å². The fourth-order valence-electron chi connectivity index (χ4n) is 0.848. The van der Waals surface area contributed by atoms with E-state index in [1.54, 1.807) is 0 Å². The van der Waals surface area contributed by atoms with Crippen LogP contribution in [0.5, 0.6) is 0 Å². The first-order valence-electron chi connectivity index (χ1n) is 3.65. The molecule has 0 aromatic carbocycles. The van der Waals surface area contributed by atoms with E-state index in [9.17, 15) is 0 Å². The van der Waals surface area contributed by atoms with Crippen LogP contribution in [0.2, 0.25) is 0 Å². The number of rotatable bonds is 5. The molecule has 0 spiro atoms. The molecule has 56 valence electrons. The summed E-state index contributed by atoms with van der Waals surface area (Å²) in [5, 5.41) is 11.7. The van der Waals surface area contributed by atoms with E-state index in [0.717, 1.165) is 19.4 Å². The first-order valence-corrected chi connectivity index (χ1v) is 3.65. The topological polar surface area (TPSA) is 32.3 Å². The third kappa shape index (κ3) is 5.80. The van der Waals surface area contributed by atoms with Gasteiger partial charge in [0.05, 0.1) is 0 Å². The summed E-state index contributed by atoms with van der Waals surface area (Å²) in [7, 11) is 0. The molecule has 2 heteroatoms. The summed E-state index contributed by atoms with van der Waals surface area (Å²) in [4.78, 5) is 0. The van der Waals surface area contributed by atoms with Gasteiger partial charge in [0.2, 0.25) is 0 Å². The Morgan fingerprint density at radius 1 is 1.56 bits per heavy atom. The lowest BCUT2D eigenvalue weighted by Crippen LogP contribution is -2.25. The van der Waals surface area contributed by atoms with Crippen LogP contribution in [0.1, 0.15) is 26.7 Å². The summed E-state index contributed by atoms with van der Waals surface area (Å²) in [6.07, 6.45) is 1.98. The predicted octanol–water partition coefficient (Wildman–Crippen LogP) is 0.757. The maximum Gasteiger partial charge on any atom is 0.0431 e. The highest BCUT2D eigenvalue weighted by atomic mass is 16.2. The van der Waals surface area contributed by atoms with E-state index in [-0.39, 0.29) is 0 Å². The number of aliphatic hydroxyl groups is 1. The average Bonchev–Trinajstić information content (AvgIpc) is 1.85. The van der Waals surface area contributed by atoms with Crippen LogP contribution in [-0.4, -0.2) is 24.3 Å². The molecule has 0 rings (SSSR count). The molecule has 0 heterocycles. The minimum absolute atomic E-state index is 0.315. The number of aliphatic hydroxyl groups excluding tert-OH is 1. The van der Waals surface area contributed by atoms with Crippen molar-refractivity contribution in [2.75, 3.05) is 13.2 Å². The normalized spacial score (nSPS) is 13.7. The van der Waals surface area contributed by atoms with Crippen LogP contribution in [0.4, 0.5) is 0 Å². The van der Waals surface area contributed by atoms with Crippen molar-refractivity contribution >= 4 is 0 Å². The van der Waals surface area contributed by atoms with Gasteiger partial charge in [0.1, 0.15) is 0 Å². The third-order valence-electron chi connectivity index (χ3n) is 1.35. The molecular weight excluding hydrogens is 114 g/mol. The molecule has 0 aromatic heterocycles. The van der Waals surface area contributed by atoms with E-state index < -0.39 is 0 Å². The fraction of sp³-hybridized carbons (Fsp3) is 1.00. The van der Waals surface area contributed by atoms with E-state index in [2.05, 4.69) is 19.2 Å². The van der Waals surface area contributed by atoms with Crippen molar-refractivity contribution in [2.24, 2.45) is 0 Å². The molecule has 1 unspecified atom stereocenters. The maximum absolute atomic E-state index is 8.46. The standard InChI is InChI=1S/C7H17NO/c1-3-8-7(2)5-4-6-9/h7-9H,3-6H2,1-2H3.